The fourth-order valence-corrected chi connectivity index (χ4v) is 5.32. The Morgan fingerprint density at radius 3 is 2.46 bits per heavy atom. The Hall–Kier alpha value is -4.04. The first kappa shape index (κ1) is 26.6. The summed E-state index contributed by atoms with van der Waals surface area (Å²) < 4.78 is 62.6. The minimum Gasteiger partial charge on any atom is -0.378 e. The Bertz CT molecular complexity index is 1610. The Morgan fingerprint density at radius 1 is 1.03 bits per heavy atom. The molecule has 39 heavy (non-hydrogen) atoms. The predicted octanol–water partition coefficient (Wildman–Crippen LogP) is 3.46. The van der Waals surface area contributed by atoms with Crippen molar-refractivity contribution in [1.82, 2.24) is 24.9 Å². The molecule has 3 aromatic heterocycles. The molecular weight excluding hydrogens is 530 g/mol. The monoisotopic (exact) mass is 556 g/mol. The topological polar surface area (TPSA) is 135 Å². The van der Waals surface area contributed by atoms with E-state index in [4.69, 9.17) is 9.72 Å². The third-order valence-corrected chi connectivity index (χ3v) is 7.53. The molecule has 5 rings (SSSR count). The molecule has 1 saturated heterocycles. The van der Waals surface area contributed by atoms with E-state index in [1.165, 1.54) is 6.07 Å². The molecular formula is C25H26F2N8O3S. The second-order valence-electron chi connectivity index (χ2n) is 8.78. The van der Waals surface area contributed by atoms with E-state index in [2.05, 4.69) is 30.0 Å². The molecule has 0 radical (unpaired) electrons. The molecule has 11 nitrogen and oxygen atoms in total. The van der Waals surface area contributed by atoms with Gasteiger partial charge in [0.25, 0.3) is 0 Å². The number of aromatic nitrogens is 5. The molecule has 14 heteroatoms. The van der Waals surface area contributed by atoms with E-state index in [9.17, 15) is 12.8 Å². The average Bonchev–Trinajstić information content (AvgIpc) is 2.94. The standard InChI is InChI=1S/C25H26F2N8O3S/c1-3-12-39(36,37)34-18-5-4-16(26)20(21(18)27)17-6-7-19-22(31-17)24(35-8-10-38-11-9-35)33-23(32-19)15-13-29-25(28-2)30-14-15/h4-7,13-14,34H,3,8-12H2,1-2H3,(H,28,29,30). The van der Waals surface area contributed by atoms with Crippen molar-refractivity contribution in [3.8, 4) is 22.6 Å². The molecule has 0 aliphatic carbocycles. The van der Waals surface area contributed by atoms with Gasteiger partial charge in [0, 0.05) is 32.5 Å². The lowest BCUT2D eigenvalue weighted by Crippen LogP contribution is -2.37. The molecule has 1 fully saturated rings. The quantitative estimate of drug-likeness (QED) is 0.332. The Labute approximate surface area is 223 Å². The number of hydrogen-bond acceptors (Lipinski definition) is 10. The lowest BCUT2D eigenvalue weighted by atomic mass is 10.1. The van der Waals surface area contributed by atoms with Crippen LogP contribution in [0.25, 0.3) is 33.7 Å². The van der Waals surface area contributed by atoms with E-state index in [0.29, 0.717) is 66.9 Å². The van der Waals surface area contributed by atoms with Crippen LogP contribution in [0.1, 0.15) is 13.3 Å². The predicted molar refractivity (Wildman–Crippen MR) is 144 cm³/mol. The van der Waals surface area contributed by atoms with Gasteiger partial charge in [0.15, 0.2) is 17.5 Å². The van der Waals surface area contributed by atoms with Gasteiger partial charge in [0.2, 0.25) is 16.0 Å². The maximum atomic E-state index is 15.5. The number of sulfonamides is 1. The van der Waals surface area contributed by atoms with Crippen LogP contribution in [0, 0.1) is 11.6 Å². The fourth-order valence-electron chi connectivity index (χ4n) is 4.19. The van der Waals surface area contributed by atoms with Crippen LogP contribution in [0.15, 0.2) is 36.7 Å². The molecule has 0 amide bonds. The summed E-state index contributed by atoms with van der Waals surface area (Å²) in [5, 5.41) is 2.86. The first-order chi connectivity index (χ1) is 18.8. The van der Waals surface area contributed by atoms with Crippen molar-refractivity contribution in [2.45, 2.75) is 13.3 Å². The third-order valence-electron chi connectivity index (χ3n) is 6.05. The molecule has 4 aromatic rings. The molecule has 204 valence electrons. The van der Waals surface area contributed by atoms with Gasteiger partial charge in [-0.2, -0.15) is 0 Å². The number of pyridine rings is 1. The zero-order valence-corrected chi connectivity index (χ0v) is 22.1. The van der Waals surface area contributed by atoms with Gasteiger partial charge in [-0.05, 0) is 30.7 Å². The number of fused-ring (bicyclic) bond motifs is 1. The smallest absolute Gasteiger partial charge is 0.232 e. The number of hydrogen-bond donors (Lipinski definition) is 2. The number of ether oxygens (including phenoxy) is 1. The van der Waals surface area contributed by atoms with Crippen LogP contribution in [0.4, 0.5) is 26.2 Å². The van der Waals surface area contributed by atoms with Crippen molar-refractivity contribution >= 4 is 38.5 Å². The minimum atomic E-state index is -3.80. The SMILES string of the molecule is CCCS(=O)(=O)Nc1ccc(F)c(-c2ccc3nc(-c4cnc(NC)nc4)nc(N4CCOCC4)c3n2)c1F. The second-order valence-corrected chi connectivity index (χ2v) is 10.6. The summed E-state index contributed by atoms with van der Waals surface area (Å²) in [4.78, 5) is 24.3. The van der Waals surface area contributed by atoms with Gasteiger partial charge in [-0.3, -0.25) is 4.72 Å². The van der Waals surface area contributed by atoms with Crippen molar-refractivity contribution in [2.24, 2.45) is 0 Å². The Balaban J connectivity index is 1.64. The molecule has 4 heterocycles. The van der Waals surface area contributed by atoms with E-state index in [1.54, 1.807) is 32.4 Å². The molecule has 0 bridgehead atoms. The number of nitrogens with one attached hydrogen (secondary N) is 2. The van der Waals surface area contributed by atoms with Crippen molar-refractivity contribution in [3.63, 3.8) is 0 Å². The summed E-state index contributed by atoms with van der Waals surface area (Å²) in [5.41, 5.74) is 0.527. The lowest BCUT2D eigenvalue weighted by molar-refractivity contribution is 0.122. The number of benzene rings is 1. The van der Waals surface area contributed by atoms with E-state index < -0.39 is 27.2 Å². The zero-order valence-electron chi connectivity index (χ0n) is 21.3. The van der Waals surface area contributed by atoms with Crippen LogP contribution >= 0.6 is 0 Å². The van der Waals surface area contributed by atoms with Crippen molar-refractivity contribution in [1.29, 1.82) is 0 Å². The molecule has 1 aliphatic rings. The third kappa shape index (κ3) is 5.56. The molecule has 0 saturated carbocycles. The van der Waals surface area contributed by atoms with Crippen molar-refractivity contribution < 1.29 is 21.9 Å². The number of morpholine rings is 1. The van der Waals surface area contributed by atoms with Crippen molar-refractivity contribution in [2.75, 3.05) is 54.0 Å². The van der Waals surface area contributed by atoms with Crippen LogP contribution in [0.5, 0.6) is 0 Å². The fraction of sp³-hybridized carbons (Fsp3) is 0.320. The maximum Gasteiger partial charge on any atom is 0.232 e. The summed E-state index contributed by atoms with van der Waals surface area (Å²) in [7, 11) is -2.08. The van der Waals surface area contributed by atoms with Gasteiger partial charge in [-0.25, -0.2) is 42.1 Å². The zero-order chi connectivity index (χ0) is 27.6. The number of rotatable bonds is 8. The highest BCUT2D eigenvalue weighted by atomic mass is 32.2. The van der Waals surface area contributed by atoms with Crippen LogP contribution in [0.3, 0.4) is 0 Å². The van der Waals surface area contributed by atoms with Gasteiger partial charge in [-0.15, -0.1) is 0 Å². The molecule has 1 aliphatic heterocycles. The van der Waals surface area contributed by atoms with Gasteiger partial charge in [0.1, 0.15) is 11.3 Å². The van der Waals surface area contributed by atoms with Crippen LogP contribution in [-0.4, -0.2) is 72.4 Å². The Morgan fingerprint density at radius 2 is 1.77 bits per heavy atom. The first-order valence-corrected chi connectivity index (χ1v) is 14.0. The first-order valence-electron chi connectivity index (χ1n) is 12.3. The summed E-state index contributed by atoms with van der Waals surface area (Å²) in [6.07, 6.45) is 3.54. The summed E-state index contributed by atoms with van der Waals surface area (Å²) in [6.45, 7) is 3.70. The van der Waals surface area contributed by atoms with Gasteiger partial charge in [-0.1, -0.05) is 6.92 Å². The highest BCUT2D eigenvalue weighted by molar-refractivity contribution is 7.92. The average molecular weight is 557 g/mol. The van der Waals surface area contributed by atoms with Gasteiger partial charge >= 0.3 is 0 Å². The molecule has 0 unspecified atom stereocenters. The number of halogens is 2. The van der Waals surface area contributed by atoms with Gasteiger partial charge < -0.3 is 15.0 Å². The number of nitrogens with zero attached hydrogens (tertiary/aromatic N) is 6. The van der Waals surface area contributed by atoms with E-state index in [-0.39, 0.29) is 17.1 Å². The highest BCUT2D eigenvalue weighted by Crippen LogP contribution is 2.33. The second kappa shape index (κ2) is 11.0. The van der Waals surface area contributed by atoms with Gasteiger partial charge in [0.05, 0.1) is 47.0 Å². The largest absolute Gasteiger partial charge is 0.378 e. The minimum absolute atomic E-state index is 0.0263. The molecule has 1 aromatic carbocycles. The maximum absolute atomic E-state index is 15.5. The normalized spacial score (nSPS) is 14.0. The van der Waals surface area contributed by atoms with Crippen LogP contribution in [-0.2, 0) is 14.8 Å². The Kier molecular flexibility index (Phi) is 7.48. The van der Waals surface area contributed by atoms with E-state index in [0.717, 1.165) is 12.1 Å². The van der Waals surface area contributed by atoms with Crippen LogP contribution in [0.2, 0.25) is 0 Å². The summed E-state index contributed by atoms with van der Waals surface area (Å²) in [6, 6.07) is 5.10. The van der Waals surface area contributed by atoms with Crippen LogP contribution < -0.4 is 14.9 Å². The summed E-state index contributed by atoms with van der Waals surface area (Å²) >= 11 is 0. The lowest BCUT2D eigenvalue weighted by Gasteiger charge is -2.28. The molecule has 0 spiro atoms. The van der Waals surface area contributed by atoms with Crippen molar-refractivity contribution in [3.05, 3.63) is 48.3 Å². The molecule has 0 atom stereocenters. The number of anilines is 3. The van der Waals surface area contributed by atoms with E-state index >= 15 is 4.39 Å². The summed E-state index contributed by atoms with van der Waals surface area (Å²) in [5.74, 6) is -0.857. The van der Waals surface area contributed by atoms with E-state index in [1.807, 2.05) is 4.90 Å². The molecule has 2 N–H and O–H groups in total. The highest BCUT2D eigenvalue weighted by Gasteiger charge is 2.23.